The van der Waals surface area contributed by atoms with Crippen molar-refractivity contribution in [1.29, 1.82) is 0 Å². The fourth-order valence-corrected chi connectivity index (χ4v) is 3.06. The molecule has 0 amide bonds. The third kappa shape index (κ3) is 2.75. The summed E-state index contributed by atoms with van der Waals surface area (Å²) in [5.41, 5.74) is 8.51. The van der Waals surface area contributed by atoms with Crippen LogP contribution in [0.3, 0.4) is 0 Å². The average Bonchev–Trinajstić information content (AvgIpc) is 2.67. The normalized spacial score (nSPS) is 22.1. The molecule has 1 aliphatic heterocycles. The van der Waals surface area contributed by atoms with E-state index in [4.69, 9.17) is 5.73 Å². The predicted octanol–water partition coefficient (Wildman–Crippen LogP) is 1.85. The van der Waals surface area contributed by atoms with Gasteiger partial charge < -0.3 is 5.73 Å². The first-order valence-corrected chi connectivity index (χ1v) is 6.98. The number of aromatic nitrogens is 2. The SMILES string of the molecule is Cc1nn(C)cc1C(C)N1CCC(C(C)N)CC1. The van der Waals surface area contributed by atoms with Gasteiger partial charge in [0.25, 0.3) is 0 Å². The van der Waals surface area contributed by atoms with E-state index in [-0.39, 0.29) is 0 Å². The number of hydrogen-bond donors (Lipinski definition) is 1. The minimum atomic E-state index is 0.336. The molecule has 2 heterocycles. The maximum absolute atomic E-state index is 6.00. The largest absolute Gasteiger partial charge is 0.328 e. The Balaban J connectivity index is 1.99. The van der Waals surface area contributed by atoms with Crippen LogP contribution in [0.15, 0.2) is 6.20 Å². The zero-order valence-electron chi connectivity index (χ0n) is 12.1. The van der Waals surface area contributed by atoms with Crippen molar-refractivity contribution in [2.45, 2.75) is 45.7 Å². The van der Waals surface area contributed by atoms with Crippen LogP contribution >= 0.6 is 0 Å². The molecule has 0 spiro atoms. The molecule has 2 rings (SSSR count). The van der Waals surface area contributed by atoms with Crippen LogP contribution in [0.25, 0.3) is 0 Å². The fourth-order valence-electron chi connectivity index (χ4n) is 3.06. The van der Waals surface area contributed by atoms with Crippen LogP contribution in [-0.4, -0.2) is 33.8 Å². The molecule has 0 saturated carbocycles. The molecule has 102 valence electrons. The molecule has 0 bridgehead atoms. The zero-order chi connectivity index (χ0) is 13.3. The standard InChI is InChI=1S/C14H26N4/c1-10(15)13-5-7-18(8-6-13)12(3)14-9-17(4)16-11(14)2/h9-10,12-13H,5-8,15H2,1-4H3. The number of hydrogen-bond acceptors (Lipinski definition) is 3. The van der Waals surface area contributed by atoms with Crippen LogP contribution < -0.4 is 5.73 Å². The molecule has 2 unspecified atom stereocenters. The Bertz CT molecular complexity index is 388. The van der Waals surface area contributed by atoms with Gasteiger partial charge >= 0.3 is 0 Å². The molecule has 0 aliphatic carbocycles. The second-order valence-electron chi connectivity index (χ2n) is 5.75. The molecule has 18 heavy (non-hydrogen) atoms. The molecule has 2 atom stereocenters. The first kappa shape index (κ1) is 13.6. The smallest absolute Gasteiger partial charge is 0.0641 e. The molecule has 4 heteroatoms. The van der Waals surface area contributed by atoms with Crippen molar-refractivity contribution in [3.8, 4) is 0 Å². The molecular weight excluding hydrogens is 224 g/mol. The highest BCUT2D eigenvalue weighted by Crippen LogP contribution is 2.28. The summed E-state index contributed by atoms with van der Waals surface area (Å²) < 4.78 is 1.91. The molecule has 1 aromatic rings. The van der Waals surface area contributed by atoms with E-state index in [0.717, 1.165) is 18.8 Å². The number of nitrogens with two attached hydrogens (primary N) is 1. The molecule has 1 saturated heterocycles. The molecule has 1 aromatic heterocycles. The summed E-state index contributed by atoms with van der Waals surface area (Å²) in [6, 6.07) is 0.801. The molecule has 4 nitrogen and oxygen atoms in total. The minimum absolute atomic E-state index is 0.336. The topological polar surface area (TPSA) is 47.1 Å². The lowest BCUT2D eigenvalue weighted by Gasteiger charge is -2.37. The van der Waals surface area contributed by atoms with Crippen molar-refractivity contribution >= 4 is 0 Å². The molecule has 0 aromatic carbocycles. The minimum Gasteiger partial charge on any atom is -0.328 e. The fraction of sp³-hybridized carbons (Fsp3) is 0.786. The highest BCUT2D eigenvalue weighted by Gasteiger charge is 2.26. The molecule has 1 fully saturated rings. The Labute approximate surface area is 110 Å². The van der Waals surface area contributed by atoms with Crippen molar-refractivity contribution in [2.75, 3.05) is 13.1 Å². The Morgan fingerprint density at radius 3 is 2.39 bits per heavy atom. The van der Waals surface area contributed by atoms with E-state index >= 15 is 0 Å². The lowest BCUT2D eigenvalue weighted by molar-refractivity contribution is 0.132. The number of piperidine rings is 1. The number of aryl methyl sites for hydroxylation is 2. The van der Waals surface area contributed by atoms with Crippen LogP contribution in [0.5, 0.6) is 0 Å². The number of likely N-dealkylation sites (tertiary alicyclic amines) is 1. The van der Waals surface area contributed by atoms with Gasteiger partial charge in [-0.1, -0.05) is 0 Å². The van der Waals surface area contributed by atoms with E-state index in [1.165, 1.54) is 18.4 Å². The van der Waals surface area contributed by atoms with Crippen molar-refractivity contribution in [3.63, 3.8) is 0 Å². The second-order valence-corrected chi connectivity index (χ2v) is 5.75. The van der Waals surface area contributed by atoms with Crippen LogP contribution in [-0.2, 0) is 7.05 Å². The quantitative estimate of drug-likeness (QED) is 0.890. The number of rotatable bonds is 3. The van der Waals surface area contributed by atoms with Gasteiger partial charge in [-0.2, -0.15) is 5.10 Å². The van der Waals surface area contributed by atoms with Crippen molar-refractivity contribution in [2.24, 2.45) is 18.7 Å². The van der Waals surface area contributed by atoms with E-state index in [1.807, 2.05) is 11.7 Å². The maximum Gasteiger partial charge on any atom is 0.0641 e. The van der Waals surface area contributed by atoms with Gasteiger partial charge in [0.1, 0.15) is 0 Å². The van der Waals surface area contributed by atoms with Crippen LogP contribution in [0, 0.1) is 12.8 Å². The lowest BCUT2D eigenvalue weighted by Crippen LogP contribution is -2.40. The van der Waals surface area contributed by atoms with Gasteiger partial charge in [-0.05, 0) is 52.6 Å². The van der Waals surface area contributed by atoms with E-state index in [1.54, 1.807) is 0 Å². The van der Waals surface area contributed by atoms with Gasteiger partial charge in [0.2, 0.25) is 0 Å². The third-order valence-corrected chi connectivity index (χ3v) is 4.37. The van der Waals surface area contributed by atoms with Crippen molar-refractivity contribution < 1.29 is 0 Å². The highest BCUT2D eigenvalue weighted by molar-refractivity contribution is 5.19. The monoisotopic (exact) mass is 250 g/mol. The second kappa shape index (κ2) is 5.41. The summed E-state index contributed by atoms with van der Waals surface area (Å²) in [6.07, 6.45) is 4.60. The highest BCUT2D eigenvalue weighted by atomic mass is 15.3. The van der Waals surface area contributed by atoms with Crippen LogP contribution in [0.2, 0.25) is 0 Å². The summed E-state index contributed by atoms with van der Waals surface area (Å²) >= 11 is 0. The first-order chi connectivity index (χ1) is 8.49. The zero-order valence-corrected chi connectivity index (χ0v) is 12.1. The molecule has 2 N–H and O–H groups in total. The summed E-state index contributed by atoms with van der Waals surface area (Å²) in [4.78, 5) is 2.56. The summed E-state index contributed by atoms with van der Waals surface area (Å²) in [6.45, 7) is 8.83. The Morgan fingerprint density at radius 2 is 1.94 bits per heavy atom. The molecule has 0 radical (unpaired) electrons. The van der Waals surface area contributed by atoms with Gasteiger partial charge in [0.05, 0.1) is 5.69 Å². The van der Waals surface area contributed by atoms with E-state index in [0.29, 0.717) is 18.0 Å². The molecule has 1 aliphatic rings. The Hall–Kier alpha value is -0.870. The third-order valence-electron chi connectivity index (χ3n) is 4.37. The summed E-state index contributed by atoms with van der Waals surface area (Å²) in [5, 5.41) is 4.44. The van der Waals surface area contributed by atoms with Crippen molar-refractivity contribution in [1.82, 2.24) is 14.7 Å². The summed E-state index contributed by atoms with van der Waals surface area (Å²) in [5.74, 6) is 0.698. The first-order valence-electron chi connectivity index (χ1n) is 6.98. The predicted molar refractivity (Wildman–Crippen MR) is 74.3 cm³/mol. The summed E-state index contributed by atoms with van der Waals surface area (Å²) in [7, 11) is 1.99. The van der Waals surface area contributed by atoms with Crippen LogP contribution in [0.1, 0.15) is 44.0 Å². The Morgan fingerprint density at radius 1 is 1.33 bits per heavy atom. The Kier molecular flexibility index (Phi) is 4.07. The van der Waals surface area contributed by atoms with Gasteiger partial charge in [-0.3, -0.25) is 9.58 Å². The molecular formula is C14H26N4. The number of nitrogens with zero attached hydrogens (tertiary/aromatic N) is 3. The van der Waals surface area contributed by atoms with E-state index < -0.39 is 0 Å². The van der Waals surface area contributed by atoms with E-state index in [9.17, 15) is 0 Å². The van der Waals surface area contributed by atoms with Crippen molar-refractivity contribution in [3.05, 3.63) is 17.5 Å². The average molecular weight is 250 g/mol. The van der Waals surface area contributed by atoms with Gasteiger partial charge in [-0.15, -0.1) is 0 Å². The van der Waals surface area contributed by atoms with Gasteiger partial charge in [0.15, 0.2) is 0 Å². The van der Waals surface area contributed by atoms with E-state index in [2.05, 4.69) is 37.0 Å². The van der Waals surface area contributed by atoms with Gasteiger partial charge in [-0.25, -0.2) is 0 Å². The van der Waals surface area contributed by atoms with Crippen LogP contribution in [0.4, 0.5) is 0 Å². The van der Waals surface area contributed by atoms with Gasteiger partial charge in [0, 0.05) is 30.9 Å². The lowest BCUT2D eigenvalue weighted by atomic mass is 9.90. The maximum atomic E-state index is 6.00.